The monoisotopic (exact) mass is 256 g/mol. The van der Waals surface area contributed by atoms with Crippen molar-refractivity contribution >= 4 is 11.6 Å². The van der Waals surface area contributed by atoms with Crippen molar-refractivity contribution in [1.82, 2.24) is 0 Å². The molecule has 2 nitrogen and oxygen atoms in total. The second-order valence-corrected chi connectivity index (χ2v) is 4.76. The number of alkyl halides is 1. The topological polar surface area (TPSA) is 18.5 Å². The van der Waals surface area contributed by atoms with Gasteiger partial charge in [-0.1, -0.05) is 20.3 Å². The van der Waals surface area contributed by atoms with Crippen LogP contribution >= 0.6 is 11.6 Å². The number of ether oxygens (including phenoxy) is 2. The maximum Gasteiger partial charge on any atom is 0.122 e. The fourth-order valence-corrected chi connectivity index (χ4v) is 2.27. The summed E-state index contributed by atoms with van der Waals surface area (Å²) in [5, 5.41) is 0.126. The third kappa shape index (κ3) is 3.53. The Labute approximate surface area is 109 Å². The molecule has 0 aliphatic heterocycles. The van der Waals surface area contributed by atoms with Crippen LogP contribution in [0.25, 0.3) is 0 Å². The summed E-state index contributed by atoms with van der Waals surface area (Å²) in [6.45, 7) is 4.27. The van der Waals surface area contributed by atoms with E-state index in [1.807, 2.05) is 18.2 Å². The molecule has 0 saturated carbocycles. The highest BCUT2D eigenvalue weighted by Crippen LogP contribution is 2.35. The Bertz CT molecular complexity index is 352. The summed E-state index contributed by atoms with van der Waals surface area (Å²) in [5.41, 5.74) is 1.11. The largest absolute Gasteiger partial charge is 0.497 e. The van der Waals surface area contributed by atoms with Gasteiger partial charge in [0.1, 0.15) is 11.5 Å². The zero-order chi connectivity index (χ0) is 12.8. The molecule has 1 aromatic carbocycles. The van der Waals surface area contributed by atoms with Gasteiger partial charge in [-0.25, -0.2) is 0 Å². The number of methoxy groups -OCH3 is 2. The molecule has 0 radical (unpaired) electrons. The van der Waals surface area contributed by atoms with Crippen LogP contribution in [0.15, 0.2) is 18.2 Å². The van der Waals surface area contributed by atoms with E-state index < -0.39 is 0 Å². The molecule has 0 saturated heterocycles. The van der Waals surface area contributed by atoms with Crippen molar-refractivity contribution in [2.75, 3.05) is 14.2 Å². The van der Waals surface area contributed by atoms with E-state index in [0.29, 0.717) is 0 Å². The molecule has 1 rings (SSSR count). The number of hydrogen-bond donors (Lipinski definition) is 0. The molecule has 2 unspecified atom stereocenters. The minimum atomic E-state index is 0.126. The number of rotatable bonds is 6. The third-order valence-electron chi connectivity index (χ3n) is 3.03. The summed E-state index contributed by atoms with van der Waals surface area (Å²) in [5.74, 6) is 1.97. The van der Waals surface area contributed by atoms with Crippen LogP contribution in [0.3, 0.4) is 0 Å². The van der Waals surface area contributed by atoms with Crippen LogP contribution in [0.5, 0.6) is 11.5 Å². The predicted octanol–water partition coefficient (Wildman–Crippen LogP) is 4.21. The molecule has 0 spiro atoms. The van der Waals surface area contributed by atoms with Crippen LogP contribution in [0.4, 0.5) is 0 Å². The Hall–Kier alpha value is -0.890. The van der Waals surface area contributed by atoms with Gasteiger partial charge in [-0.15, -0.1) is 11.6 Å². The molecule has 0 bridgehead atoms. The van der Waals surface area contributed by atoms with E-state index in [-0.39, 0.29) is 11.3 Å². The lowest BCUT2D eigenvalue weighted by molar-refractivity contribution is 0.394. The van der Waals surface area contributed by atoms with Crippen molar-refractivity contribution in [3.05, 3.63) is 23.8 Å². The molecule has 0 aliphatic rings. The maximum atomic E-state index is 6.39. The summed E-state index contributed by atoms with van der Waals surface area (Å²) in [6, 6.07) is 5.84. The molecule has 2 atom stereocenters. The molecule has 0 fully saturated rings. The number of halogens is 1. The van der Waals surface area contributed by atoms with Gasteiger partial charge in [-0.05, 0) is 24.6 Å². The zero-order valence-corrected chi connectivity index (χ0v) is 11.8. The number of hydrogen-bond acceptors (Lipinski definition) is 2. The van der Waals surface area contributed by atoms with Crippen molar-refractivity contribution in [2.24, 2.45) is 0 Å². The first-order valence-electron chi connectivity index (χ1n) is 6.00. The van der Waals surface area contributed by atoms with Crippen molar-refractivity contribution < 1.29 is 9.47 Å². The highest BCUT2D eigenvalue weighted by atomic mass is 35.5. The average molecular weight is 257 g/mol. The minimum absolute atomic E-state index is 0.126. The first kappa shape index (κ1) is 14.2. The van der Waals surface area contributed by atoms with Crippen LogP contribution in [0.1, 0.15) is 38.2 Å². The predicted molar refractivity (Wildman–Crippen MR) is 72.5 cm³/mol. The van der Waals surface area contributed by atoms with Crippen LogP contribution in [-0.2, 0) is 0 Å². The Morgan fingerprint density at radius 1 is 1.24 bits per heavy atom. The molecule has 0 amide bonds. The standard InChI is InChI=1S/C14H21ClO2/c1-5-6-13(15)10(2)12-9-11(16-3)7-8-14(12)17-4/h7-10,13H,5-6H2,1-4H3. The normalized spacial score (nSPS) is 14.2. The second kappa shape index (κ2) is 6.75. The van der Waals surface area contributed by atoms with Crippen LogP contribution in [0, 0.1) is 0 Å². The van der Waals surface area contributed by atoms with Gasteiger partial charge in [0, 0.05) is 16.9 Å². The third-order valence-corrected chi connectivity index (χ3v) is 3.63. The van der Waals surface area contributed by atoms with Crippen molar-refractivity contribution in [3.63, 3.8) is 0 Å². The lowest BCUT2D eigenvalue weighted by Gasteiger charge is -2.20. The Balaban J connectivity index is 3.00. The van der Waals surface area contributed by atoms with Crippen LogP contribution in [0.2, 0.25) is 0 Å². The Morgan fingerprint density at radius 3 is 2.47 bits per heavy atom. The SMILES string of the molecule is CCCC(Cl)C(C)c1cc(OC)ccc1OC. The molecule has 0 aromatic heterocycles. The molecule has 96 valence electrons. The van der Waals surface area contributed by atoms with E-state index in [2.05, 4.69) is 13.8 Å². The Morgan fingerprint density at radius 2 is 1.94 bits per heavy atom. The minimum Gasteiger partial charge on any atom is -0.497 e. The maximum absolute atomic E-state index is 6.39. The van der Waals surface area contributed by atoms with Gasteiger partial charge in [0.2, 0.25) is 0 Å². The van der Waals surface area contributed by atoms with Gasteiger partial charge in [0.25, 0.3) is 0 Å². The van der Waals surface area contributed by atoms with Gasteiger partial charge in [0.15, 0.2) is 0 Å². The molecule has 0 N–H and O–H groups in total. The van der Waals surface area contributed by atoms with E-state index in [1.165, 1.54) is 0 Å². The average Bonchev–Trinajstić information content (AvgIpc) is 2.37. The molecular weight excluding hydrogens is 236 g/mol. The van der Waals surface area contributed by atoms with Crippen molar-refractivity contribution in [1.29, 1.82) is 0 Å². The molecule has 1 aromatic rings. The van der Waals surface area contributed by atoms with Gasteiger partial charge in [0.05, 0.1) is 14.2 Å². The summed E-state index contributed by atoms with van der Waals surface area (Å²) in [6.07, 6.45) is 2.09. The summed E-state index contributed by atoms with van der Waals surface area (Å²) >= 11 is 6.39. The smallest absolute Gasteiger partial charge is 0.122 e. The summed E-state index contributed by atoms with van der Waals surface area (Å²) in [7, 11) is 3.35. The number of benzene rings is 1. The fourth-order valence-electron chi connectivity index (χ4n) is 1.92. The van der Waals surface area contributed by atoms with Crippen LogP contribution in [-0.4, -0.2) is 19.6 Å². The van der Waals surface area contributed by atoms with Crippen molar-refractivity contribution in [3.8, 4) is 11.5 Å². The first-order valence-corrected chi connectivity index (χ1v) is 6.43. The van der Waals surface area contributed by atoms with E-state index in [4.69, 9.17) is 21.1 Å². The van der Waals surface area contributed by atoms with E-state index in [1.54, 1.807) is 14.2 Å². The van der Waals surface area contributed by atoms with E-state index >= 15 is 0 Å². The lowest BCUT2D eigenvalue weighted by atomic mass is 9.94. The van der Waals surface area contributed by atoms with E-state index in [9.17, 15) is 0 Å². The summed E-state index contributed by atoms with van der Waals surface area (Å²) in [4.78, 5) is 0. The Kier molecular flexibility index (Phi) is 5.63. The highest BCUT2D eigenvalue weighted by molar-refractivity contribution is 6.21. The highest BCUT2D eigenvalue weighted by Gasteiger charge is 2.19. The van der Waals surface area contributed by atoms with Gasteiger partial charge in [-0.3, -0.25) is 0 Å². The molecule has 0 heterocycles. The van der Waals surface area contributed by atoms with Gasteiger partial charge >= 0.3 is 0 Å². The summed E-state index contributed by atoms with van der Waals surface area (Å²) < 4.78 is 10.6. The lowest BCUT2D eigenvalue weighted by Crippen LogP contribution is -2.10. The molecule has 3 heteroatoms. The second-order valence-electron chi connectivity index (χ2n) is 4.20. The zero-order valence-electron chi connectivity index (χ0n) is 11.0. The fraction of sp³-hybridized carbons (Fsp3) is 0.571. The molecule has 0 aliphatic carbocycles. The molecule has 17 heavy (non-hydrogen) atoms. The molecular formula is C14H21ClO2. The quantitative estimate of drug-likeness (QED) is 0.710. The van der Waals surface area contributed by atoms with Crippen molar-refractivity contribution in [2.45, 2.75) is 38.0 Å². The first-order chi connectivity index (χ1) is 8.13. The van der Waals surface area contributed by atoms with E-state index in [0.717, 1.165) is 29.9 Å². The van der Waals surface area contributed by atoms with Gasteiger partial charge < -0.3 is 9.47 Å². The van der Waals surface area contributed by atoms with Crippen LogP contribution < -0.4 is 9.47 Å². The van der Waals surface area contributed by atoms with Gasteiger partial charge in [-0.2, -0.15) is 0 Å².